The van der Waals surface area contributed by atoms with E-state index >= 15 is 0 Å². The van der Waals surface area contributed by atoms with Crippen LogP contribution in [0.2, 0.25) is 0 Å². The molecule has 1 aromatic heterocycles. The van der Waals surface area contributed by atoms with Gasteiger partial charge < -0.3 is 75.6 Å². The van der Waals surface area contributed by atoms with Crippen molar-refractivity contribution >= 4 is 40.2 Å². The Morgan fingerprint density at radius 3 is 2.04 bits per heavy atom. The van der Waals surface area contributed by atoms with Crippen molar-refractivity contribution in [1.29, 1.82) is 0 Å². The van der Waals surface area contributed by atoms with Gasteiger partial charge in [-0.05, 0) is 97.7 Å². The van der Waals surface area contributed by atoms with E-state index in [-0.39, 0.29) is 55.0 Å². The Morgan fingerprint density at radius 2 is 1.47 bits per heavy atom. The summed E-state index contributed by atoms with van der Waals surface area (Å²) in [6.45, 7) is 9.08. The first-order chi connectivity index (χ1) is 40.0. The number of benzene rings is 5. The molecule has 25 heteroatoms. The summed E-state index contributed by atoms with van der Waals surface area (Å²) in [5, 5.41) is 77.3. The number of phenols is 1. The van der Waals surface area contributed by atoms with E-state index in [0.29, 0.717) is 113 Å². The number of amides is 2. The molecule has 83 heavy (non-hydrogen) atoms. The number of nitrogens with zero attached hydrogens (tertiary/aromatic N) is 2. The minimum Gasteiger partial charge on any atom is -0.507 e. The molecule has 0 bridgehead atoms. The van der Waals surface area contributed by atoms with Crippen molar-refractivity contribution in [2.45, 2.75) is 51.9 Å². The van der Waals surface area contributed by atoms with Gasteiger partial charge in [0.1, 0.15) is 11.4 Å². The molecule has 2 amide bonds. The van der Waals surface area contributed by atoms with Crippen LogP contribution in [0.15, 0.2) is 78.9 Å². The number of nitrogens with one attached hydrogen (secondary N) is 7. The number of aliphatic hydroxyl groups is 4. The van der Waals surface area contributed by atoms with Gasteiger partial charge in [-0.15, -0.1) is 0 Å². The Kier molecular flexibility index (Phi) is 23.8. The van der Waals surface area contributed by atoms with E-state index in [1.54, 1.807) is 30.3 Å². The maximum Gasteiger partial charge on any atom is 0.307 e. The number of rotatable bonds is 22. The van der Waals surface area contributed by atoms with Crippen LogP contribution in [-0.4, -0.2) is 158 Å². The van der Waals surface area contributed by atoms with Gasteiger partial charge in [0, 0.05) is 92.9 Å². The molecule has 0 fully saturated rings. The van der Waals surface area contributed by atoms with Gasteiger partial charge in [0.25, 0.3) is 5.91 Å². The molecule has 4 atom stereocenters. The number of anilines is 1. The molecule has 0 saturated heterocycles. The summed E-state index contributed by atoms with van der Waals surface area (Å²) in [7, 11) is 6.26. The molecule has 448 valence electrons. The molecule has 15 N–H and O–H groups in total. The number of hydrogen-bond acceptors (Lipinski definition) is 21. The highest BCUT2D eigenvalue weighted by molar-refractivity contribution is 6.28. The van der Waals surface area contributed by atoms with Crippen molar-refractivity contribution < 1.29 is 73.5 Å². The second-order valence-corrected chi connectivity index (χ2v) is 19.4. The van der Waals surface area contributed by atoms with Gasteiger partial charge in [-0.2, -0.15) is 5.10 Å². The first-order valence-electron chi connectivity index (χ1n) is 26.8. The number of hydrogen-bond donors (Lipinski definition) is 14. The zero-order valence-electron chi connectivity index (χ0n) is 47.5. The average Bonchev–Trinajstić information content (AvgIpc) is 2.15. The third kappa shape index (κ3) is 15.3. The van der Waals surface area contributed by atoms with Gasteiger partial charge in [0.2, 0.25) is 18.4 Å². The van der Waals surface area contributed by atoms with Crippen LogP contribution >= 0.6 is 0 Å². The number of carboxylic acids is 1. The Hall–Kier alpha value is -8.11. The number of carbonyl (C=O) groups is 4. The van der Waals surface area contributed by atoms with Gasteiger partial charge in [-0.3, -0.25) is 40.1 Å². The average molecular weight is 1150 g/mol. The topological polar surface area (TPSA) is 364 Å². The SMILES string of the molecule is CC(=O)NN.CNNCc1ccc(C(=O)NC(C)C)cc1.COc1cc([C@@H]2c3cc4c(cc3[C@H](O)[C@@H](CO)[C@@H]2C(=O)O)OCO4)cc(OC)c1OC.O=C1c2c(O)cccc2-c2nn(CCNCCO)c3ccc(NCCNCCO)c1c23. The molecule has 2 heterocycles. The summed E-state index contributed by atoms with van der Waals surface area (Å²) >= 11 is 0. The predicted molar refractivity (Wildman–Crippen MR) is 309 cm³/mol. The van der Waals surface area contributed by atoms with Crippen molar-refractivity contribution in [3.05, 3.63) is 118 Å². The molecule has 1 aliphatic heterocycles. The Balaban J connectivity index is 0.000000201. The minimum atomic E-state index is -1.19. The van der Waals surface area contributed by atoms with E-state index in [9.17, 15) is 39.6 Å². The van der Waals surface area contributed by atoms with Crippen molar-refractivity contribution in [3.8, 4) is 45.8 Å². The largest absolute Gasteiger partial charge is 0.507 e. The smallest absolute Gasteiger partial charge is 0.307 e. The number of fused-ring (bicyclic) bond motifs is 4. The number of aliphatic hydroxyl groups excluding tert-OH is 4. The van der Waals surface area contributed by atoms with Crippen LogP contribution in [-0.2, 0) is 22.7 Å². The van der Waals surface area contributed by atoms with Gasteiger partial charge >= 0.3 is 5.97 Å². The summed E-state index contributed by atoms with van der Waals surface area (Å²) in [5.41, 5.74) is 14.8. The summed E-state index contributed by atoms with van der Waals surface area (Å²) in [4.78, 5) is 47.0. The Morgan fingerprint density at radius 1 is 0.831 bits per heavy atom. The number of carbonyl (C=O) groups excluding carboxylic acids is 3. The molecule has 6 aromatic rings. The van der Waals surface area contributed by atoms with Crippen LogP contribution in [0.4, 0.5) is 5.69 Å². The van der Waals surface area contributed by atoms with Crippen LogP contribution in [0.25, 0.3) is 22.2 Å². The quantitative estimate of drug-likeness (QED) is 0.0201. The number of ketones is 1. The lowest BCUT2D eigenvalue weighted by molar-refractivity contribution is -0.148. The van der Waals surface area contributed by atoms with Crippen LogP contribution < -0.4 is 67.1 Å². The molecule has 3 aliphatic rings. The molecule has 0 radical (unpaired) electrons. The molecular weight excluding hydrogens is 1080 g/mol. The van der Waals surface area contributed by atoms with E-state index in [2.05, 4.69) is 38.0 Å². The fraction of sp³-hybridized carbons (Fsp3) is 0.397. The first-order valence-corrected chi connectivity index (χ1v) is 26.8. The second kappa shape index (κ2) is 30.8. The van der Waals surface area contributed by atoms with Gasteiger partial charge in [0.15, 0.2) is 28.8 Å². The molecule has 0 spiro atoms. The number of hydrazine groups is 2. The standard InChI is InChI=1S/C22H27N5O4.C22H24O9.C12H19N3O.C2H6N2O/c28-12-9-23-6-7-25-15-4-5-16-20-19(15)22(31)18-14(2-1-3-17(18)30)21(20)26-27(16)11-8-24-10-13-29;1-27-16-4-10(5-17(28-2)21(16)29-3)18-11-6-14-15(31-9-30-14)7-12(11)20(24)13(8-23)19(18)22(25)26;1-9(2)15-12(16)11-6-4-10(5-7-11)8-14-13-3;1-2(5)4-3/h1-5,23-25,28-30H,6-13H2;4-7,13,18-20,23-24H,8-9H2,1-3H3,(H,25,26);4-7,9,13-14H,8H2,1-3H3,(H,15,16);3H2,1H3,(H,4,5)/t;13-,18+,19-,20-;;/m.0../s1. The summed E-state index contributed by atoms with van der Waals surface area (Å²) in [6.07, 6.45) is -1.19. The number of ether oxygens (including phenoxy) is 5. The fourth-order valence-corrected chi connectivity index (χ4v) is 9.88. The Bertz CT molecular complexity index is 3150. The lowest BCUT2D eigenvalue weighted by Gasteiger charge is -2.40. The maximum atomic E-state index is 13.5. The minimum absolute atomic E-state index is 0.0249. The number of aromatic nitrogens is 2. The van der Waals surface area contributed by atoms with Crippen molar-refractivity contribution in [2.24, 2.45) is 17.7 Å². The number of phenolic OH excluding ortho intramolecular Hbond substituents is 1. The first kappa shape index (κ1) is 64.1. The summed E-state index contributed by atoms with van der Waals surface area (Å²) < 4.78 is 29.1. The van der Waals surface area contributed by atoms with Crippen LogP contribution in [0, 0.1) is 11.8 Å². The third-order valence-corrected chi connectivity index (χ3v) is 13.7. The fourth-order valence-electron chi connectivity index (χ4n) is 9.88. The highest BCUT2D eigenvalue weighted by Gasteiger charge is 2.48. The molecule has 0 unspecified atom stereocenters. The molecular formula is C58H76N10O15. The van der Waals surface area contributed by atoms with Crippen LogP contribution in [0.5, 0.6) is 34.5 Å². The highest BCUT2D eigenvalue weighted by Crippen LogP contribution is 2.54. The number of methoxy groups -OCH3 is 3. The summed E-state index contributed by atoms with van der Waals surface area (Å²) in [5.74, 6) is 2.18. The third-order valence-electron chi connectivity index (χ3n) is 13.7. The number of carboxylic acid groups (broad SMARTS) is 1. The van der Waals surface area contributed by atoms with E-state index in [1.165, 1.54) is 34.3 Å². The number of nitrogens with two attached hydrogens (primary N) is 1. The van der Waals surface area contributed by atoms with E-state index in [4.69, 9.17) is 39.0 Å². The van der Waals surface area contributed by atoms with E-state index < -0.39 is 36.4 Å². The van der Waals surface area contributed by atoms with Gasteiger partial charge in [-0.1, -0.05) is 24.3 Å². The second-order valence-electron chi connectivity index (χ2n) is 19.4. The lowest BCUT2D eigenvalue weighted by Crippen LogP contribution is -2.40. The molecule has 5 aromatic carbocycles. The Labute approximate surface area is 480 Å². The predicted octanol–water partition coefficient (Wildman–Crippen LogP) is 2.50. The number of aromatic hydroxyl groups is 1. The highest BCUT2D eigenvalue weighted by atomic mass is 16.7. The molecule has 9 rings (SSSR count). The van der Waals surface area contributed by atoms with E-state index in [1.807, 2.05) is 73.5 Å². The van der Waals surface area contributed by atoms with Crippen molar-refractivity contribution in [2.75, 3.05) is 93.0 Å². The van der Waals surface area contributed by atoms with Gasteiger partial charge in [0.05, 0.1) is 69.8 Å². The monoisotopic (exact) mass is 1150 g/mol. The normalized spacial score (nSPS) is 15.9. The summed E-state index contributed by atoms with van der Waals surface area (Å²) in [6, 6.07) is 23.3. The zero-order chi connectivity index (χ0) is 60.3. The van der Waals surface area contributed by atoms with Crippen LogP contribution in [0.3, 0.4) is 0 Å². The van der Waals surface area contributed by atoms with E-state index in [0.717, 1.165) is 23.0 Å². The molecule has 25 nitrogen and oxygen atoms in total. The van der Waals surface area contributed by atoms with Crippen molar-refractivity contribution in [1.82, 2.24) is 42.0 Å². The van der Waals surface area contributed by atoms with Crippen LogP contribution in [0.1, 0.15) is 81.3 Å². The number of aliphatic carboxylic acids is 1. The zero-order valence-corrected chi connectivity index (χ0v) is 47.5. The molecule has 2 aliphatic carbocycles. The van der Waals surface area contributed by atoms with Gasteiger partial charge in [-0.25, -0.2) is 5.84 Å². The lowest BCUT2D eigenvalue weighted by atomic mass is 9.65. The maximum absolute atomic E-state index is 13.5. The van der Waals surface area contributed by atoms with Crippen molar-refractivity contribution in [3.63, 3.8) is 0 Å². The molecule has 0 saturated carbocycles.